The third-order valence-corrected chi connectivity index (χ3v) is 3.03. The number of rotatable bonds is 6. The standard InChI is InChI=1S/C15H12ClN3O5/c16-11-2-4-12(5-3-11)24-9-15(21)18-17-8-10-1-6-13(19(22)23)14(20)7-10/h1-8,20H,9H2,(H,18,21)/b17-8+. The molecule has 2 aromatic carbocycles. The molecule has 0 saturated heterocycles. The number of phenolic OH excluding ortho intramolecular Hbond substituents is 1. The lowest BCUT2D eigenvalue weighted by Crippen LogP contribution is -2.24. The van der Waals surface area contributed by atoms with Crippen LogP contribution >= 0.6 is 11.6 Å². The van der Waals surface area contributed by atoms with Crippen molar-refractivity contribution in [1.29, 1.82) is 0 Å². The molecule has 0 fully saturated rings. The largest absolute Gasteiger partial charge is 0.502 e. The van der Waals surface area contributed by atoms with E-state index in [1.807, 2.05) is 0 Å². The van der Waals surface area contributed by atoms with Gasteiger partial charge in [0.15, 0.2) is 12.4 Å². The Labute approximate surface area is 141 Å². The smallest absolute Gasteiger partial charge is 0.310 e. The minimum Gasteiger partial charge on any atom is -0.502 e. The number of hydrogen-bond acceptors (Lipinski definition) is 6. The van der Waals surface area contributed by atoms with Crippen molar-refractivity contribution in [3.63, 3.8) is 0 Å². The molecule has 8 nitrogen and oxygen atoms in total. The molecule has 0 saturated carbocycles. The first-order chi connectivity index (χ1) is 11.5. The van der Waals surface area contributed by atoms with Crippen molar-refractivity contribution >= 4 is 29.4 Å². The number of ether oxygens (including phenoxy) is 1. The Kier molecular flexibility index (Phi) is 5.69. The lowest BCUT2D eigenvalue weighted by atomic mass is 10.2. The van der Waals surface area contributed by atoms with Gasteiger partial charge in [-0.15, -0.1) is 0 Å². The summed E-state index contributed by atoms with van der Waals surface area (Å²) in [5.74, 6) is -0.493. The maximum atomic E-state index is 11.6. The number of carbonyl (C=O) groups is 1. The van der Waals surface area contributed by atoms with Crippen LogP contribution in [0.3, 0.4) is 0 Å². The highest BCUT2D eigenvalue weighted by Gasteiger charge is 2.12. The minimum absolute atomic E-state index is 0.246. The summed E-state index contributed by atoms with van der Waals surface area (Å²) in [5, 5.41) is 24.3. The molecular formula is C15H12ClN3O5. The summed E-state index contributed by atoms with van der Waals surface area (Å²) in [7, 11) is 0. The average Bonchev–Trinajstić information content (AvgIpc) is 2.54. The van der Waals surface area contributed by atoms with Gasteiger partial charge in [0.25, 0.3) is 5.91 Å². The molecule has 0 unspecified atom stereocenters. The third kappa shape index (κ3) is 4.96. The highest BCUT2D eigenvalue weighted by atomic mass is 35.5. The fourth-order valence-electron chi connectivity index (χ4n) is 1.67. The normalized spacial score (nSPS) is 10.5. The van der Waals surface area contributed by atoms with Crippen LogP contribution in [0.1, 0.15) is 5.56 Å². The Bertz CT molecular complexity index is 777. The van der Waals surface area contributed by atoms with Gasteiger partial charge in [-0.2, -0.15) is 5.10 Å². The van der Waals surface area contributed by atoms with E-state index in [0.29, 0.717) is 16.3 Å². The van der Waals surface area contributed by atoms with Crippen LogP contribution < -0.4 is 10.2 Å². The molecule has 0 bridgehead atoms. The van der Waals surface area contributed by atoms with E-state index in [1.54, 1.807) is 24.3 Å². The van der Waals surface area contributed by atoms with Gasteiger partial charge >= 0.3 is 5.69 Å². The summed E-state index contributed by atoms with van der Waals surface area (Å²) in [6, 6.07) is 10.2. The van der Waals surface area contributed by atoms with E-state index in [1.165, 1.54) is 12.3 Å². The first-order valence-corrected chi connectivity index (χ1v) is 7.01. The number of nitro groups is 1. The van der Waals surface area contributed by atoms with E-state index in [4.69, 9.17) is 16.3 Å². The molecule has 9 heteroatoms. The molecule has 0 radical (unpaired) electrons. The van der Waals surface area contributed by atoms with Crippen molar-refractivity contribution < 1.29 is 19.6 Å². The van der Waals surface area contributed by atoms with E-state index in [-0.39, 0.29) is 6.61 Å². The SMILES string of the molecule is O=C(COc1ccc(Cl)cc1)N/N=C/c1ccc([N+](=O)[O-])c(O)c1. The fourth-order valence-corrected chi connectivity index (χ4v) is 1.79. The van der Waals surface area contributed by atoms with Crippen molar-refractivity contribution in [2.75, 3.05) is 6.61 Å². The number of aromatic hydroxyl groups is 1. The molecule has 0 atom stereocenters. The molecular weight excluding hydrogens is 338 g/mol. The Morgan fingerprint density at radius 1 is 1.33 bits per heavy atom. The predicted molar refractivity (Wildman–Crippen MR) is 87.4 cm³/mol. The fraction of sp³-hybridized carbons (Fsp3) is 0.0667. The van der Waals surface area contributed by atoms with Crippen molar-refractivity contribution in [2.24, 2.45) is 5.10 Å². The third-order valence-electron chi connectivity index (χ3n) is 2.78. The predicted octanol–water partition coefficient (Wildman–Crippen LogP) is 2.48. The van der Waals surface area contributed by atoms with Crippen LogP contribution in [0.5, 0.6) is 11.5 Å². The first kappa shape index (κ1) is 17.2. The second-order valence-electron chi connectivity index (χ2n) is 4.54. The number of nitrogens with zero attached hydrogens (tertiary/aromatic N) is 2. The monoisotopic (exact) mass is 349 g/mol. The van der Waals surface area contributed by atoms with E-state index in [9.17, 15) is 20.0 Å². The number of hydrazone groups is 1. The number of halogens is 1. The first-order valence-electron chi connectivity index (χ1n) is 6.63. The van der Waals surface area contributed by atoms with Crippen LogP contribution in [-0.2, 0) is 4.79 Å². The summed E-state index contributed by atoms with van der Waals surface area (Å²) < 4.78 is 5.23. The van der Waals surface area contributed by atoms with Crippen molar-refractivity contribution in [2.45, 2.75) is 0 Å². The van der Waals surface area contributed by atoms with Crippen LogP contribution in [-0.4, -0.2) is 28.8 Å². The van der Waals surface area contributed by atoms with Gasteiger partial charge in [-0.1, -0.05) is 11.6 Å². The Morgan fingerprint density at radius 3 is 2.67 bits per heavy atom. The number of benzene rings is 2. The molecule has 0 heterocycles. The molecule has 0 aliphatic carbocycles. The lowest BCUT2D eigenvalue weighted by molar-refractivity contribution is -0.385. The average molecular weight is 350 g/mol. The minimum atomic E-state index is -0.702. The second-order valence-corrected chi connectivity index (χ2v) is 4.98. The summed E-state index contributed by atoms with van der Waals surface area (Å²) in [6.07, 6.45) is 1.24. The van der Waals surface area contributed by atoms with Crippen molar-refractivity contribution in [1.82, 2.24) is 5.43 Å². The summed E-state index contributed by atoms with van der Waals surface area (Å²) >= 11 is 5.73. The summed E-state index contributed by atoms with van der Waals surface area (Å²) in [4.78, 5) is 21.4. The van der Waals surface area contributed by atoms with Crippen LogP contribution in [0, 0.1) is 10.1 Å². The Balaban J connectivity index is 1.84. The van der Waals surface area contributed by atoms with Crippen LogP contribution in [0.15, 0.2) is 47.6 Å². The molecule has 0 spiro atoms. The second kappa shape index (κ2) is 7.93. The zero-order valence-electron chi connectivity index (χ0n) is 12.2. The quantitative estimate of drug-likeness (QED) is 0.472. The molecule has 124 valence electrons. The van der Waals surface area contributed by atoms with Crippen LogP contribution in [0.2, 0.25) is 5.02 Å². The number of nitrogens with one attached hydrogen (secondary N) is 1. The van der Waals surface area contributed by atoms with Gasteiger partial charge < -0.3 is 9.84 Å². The molecule has 0 aromatic heterocycles. The van der Waals surface area contributed by atoms with Gasteiger partial charge in [0.2, 0.25) is 0 Å². The highest BCUT2D eigenvalue weighted by Crippen LogP contribution is 2.25. The summed E-state index contributed by atoms with van der Waals surface area (Å²) in [6.45, 7) is -0.246. The van der Waals surface area contributed by atoms with E-state index in [2.05, 4.69) is 10.5 Å². The van der Waals surface area contributed by atoms with Crippen LogP contribution in [0.4, 0.5) is 5.69 Å². The molecule has 2 aromatic rings. The van der Waals surface area contributed by atoms with Gasteiger partial charge in [0.1, 0.15) is 5.75 Å². The Hall–Kier alpha value is -3.13. The maximum Gasteiger partial charge on any atom is 0.310 e. The molecule has 2 N–H and O–H groups in total. The van der Waals surface area contributed by atoms with E-state index >= 15 is 0 Å². The lowest BCUT2D eigenvalue weighted by Gasteiger charge is -2.04. The number of phenols is 1. The zero-order valence-corrected chi connectivity index (χ0v) is 12.9. The molecule has 2 rings (SSSR count). The van der Waals surface area contributed by atoms with Crippen molar-refractivity contribution in [3.8, 4) is 11.5 Å². The summed E-state index contributed by atoms with van der Waals surface area (Å²) in [5.41, 5.74) is 2.21. The molecule has 0 aliphatic heterocycles. The highest BCUT2D eigenvalue weighted by molar-refractivity contribution is 6.30. The van der Waals surface area contributed by atoms with Gasteiger partial charge in [-0.25, -0.2) is 5.43 Å². The van der Waals surface area contributed by atoms with Gasteiger partial charge in [0.05, 0.1) is 11.1 Å². The Morgan fingerprint density at radius 2 is 2.04 bits per heavy atom. The number of hydrogen-bond donors (Lipinski definition) is 2. The molecule has 1 amide bonds. The number of carbonyl (C=O) groups excluding carboxylic acids is 1. The zero-order chi connectivity index (χ0) is 17.5. The van der Waals surface area contributed by atoms with Crippen molar-refractivity contribution in [3.05, 3.63) is 63.2 Å². The molecule has 24 heavy (non-hydrogen) atoms. The molecule has 0 aliphatic rings. The van der Waals surface area contributed by atoms with Gasteiger partial charge in [-0.3, -0.25) is 14.9 Å². The van der Waals surface area contributed by atoms with Gasteiger partial charge in [0, 0.05) is 11.1 Å². The van der Waals surface area contributed by atoms with E-state index < -0.39 is 22.3 Å². The van der Waals surface area contributed by atoms with Crippen LogP contribution in [0.25, 0.3) is 0 Å². The van der Waals surface area contributed by atoms with E-state index in [0.717, 1.165) is 12.1 Å². The maximum absolute atomic E-state index is 11.6. The topological polar surface area (TPSA) is 114 Å². The number of nitro benzene ring substituents is 1. The van der Waals surface area contributed by atoms with Gasteiger partial charge in [-0.05, 0) is 42.0 Å². The number of amides is 1.